The number of carbonyl (C=O) groups is 2. The maximum atomic E-state index is 11.7. The average molecular weight is 238 g/mol. The zero-order valence-corrected chi connectivity index (χ0v) is 10.1. The highest BCUT2D eigenvalue weighted by Crippen LogP contribution is 2.19. The molecule has 2 amide bonds. The monoisotopic (exact) mass is 238 g/mol. The Morgan fingerprint density at radius 2 is 2.25 bits per heavy atom. The minimum atomic E-state index is -0.372. The van der Waals surface area contributed by atoms with Crippen molar-refractivity contribution in [2.24, 2.45) is 0 Å². The minimum absolute atomic E-state index is 0.0156. The molecule has 4 nitrogen and oxygen atoms in total. The van der Waals surface area contributed by atoms with E-state index in [0.29, 0.717) is 6.54 Å². The van der Waals surface area contributed by atoms with Crippen molar-refractivity contribution < 1.29 is 9.59 Å². The van der Waals surface area contributed by atoms with Gasteiger partial charge in [-0.15, -0.1) is 11.3 Å². The topological polar surface area (TPSA) is 49.4 Å². The number of carbonyl (C=O) groups excluding carboxylic acids is 2. The molecule has 1 atom stereocenters. The number of nitrogens with one attached hydrogen (secondary N) is 1. The van der Waals surface area contributed by atoms with Gasteiger partial charge in [-0.3, -0.25) is 9.59 Å². The summed E-state index contributed by atoms with van der Waals surface area (Å²) >= 11 is 1.66. The van der Waals surface area contributed by atoms with Gasteiger partial charge < -0.3 is 10.2 Å². The van der Waals surface area contributed by atoms with Crippen molar-refractivity contribution in [2.75, 3.05) is 6.54 Å². The predicted molar refractivity (Wildman–Crippen MR) is 62.1 cm³/mol. The first-order chi connectivity index (χ1) is 7.58. The maximum Gasteiger partial charge on any atom is 0.242 e. The van der Waals surface area contributed by atoms with Gasteiger partial charge in [0.05, 0.1) is 13.1 Å². The molecule has 1 saturated heterocycles. The van der Waals surface area contributed by atoms with E-state index in [2.05, 4.69) is 5.32 Å². The second-order valence-electron chi connectivity index (χ2n) is 3.93. The Morgan fingerprint density at radius 3 is 2.88 bits per heavy atom. The highest BCUT2D eigenvalue weighted by molar-refractivity contribution is 7.11. The van der Waals surface area contributed by atoms with Crippen LogP contribution in [0.3, 0.4) is 0 Å². The van der Waals surface area contributed by atoms with Gasteiger partial charge >= 0.3 is 0 Å². The molecule has 0 bridgehead atoms. The summed E-state index contributed by atoms with van der Waals surface area (Å²) in [5, 5.41) is 2.58. The lowest BCUT2D eigenvalue weighted by Gasteiger charge is -2.32. The van der Waals surface area contributed by atoms with E-state index >= 15 is 0 Å². The Bertz CT molecular complexity index is 427. The fourth-order valence-corrected chi connectivity index (χ4v) is 2.62. The Labute approximate surface area is 98.3 Å². The van der Waals surface area contributed by atoms with Gasteiger partial charge in [0.15, 0.2) is 0 Å². The number of rotatable bonds is 2. The van der Waals surface area contributed by atoms with Gasteiger partial charge in [-0.25, -0.2) is 0 Å². The van der Waals surface area contributed by atoms with Gasteiger partial charge in [0.2, 0.25) is 11.8 Å². The molecule has 2 rings (SSSR count). The highest BCUT2D eigenvalue weighted by Gasteiger charge is 2.30. The van der Waals surface area contributed by atoms with Crippen molar-refractivity contribution in [1.82, 2.24) is 10.2 Å². The molecule has 1 fully saturated rings. The number of thiophene rings is 1. The number of aryl methyl sites for hydroxylation is 1. The fraction of sp³-hybridized carbons (Fsp3) is 0.455. The Balaban J connectivity index is 2.12. The van der Waals surface area contributed by atoms with Crippen LogP contribution in [0.15, 0.2) is 12.1 Å². The third kappa shape index (κ3) is 2.09. The molecule has 1 aliphatic rings. The normalized spacial score (nSPS) is 21.1. The van der Waals surface area contributed by atoms with E-state index in [9.17, 15) is 9.59 Å². The van der Waals surface area contributed by atoms with Gasteiger partial charge in [0.25, 0.3) is 0 Å². The van der Waals surface area contributed by atoms with Crippen LogP contribution in [-0.4, -0.2) is 29.3 Å². The van der Waals surface area contributed by atoms with E-state index in [4.69, 9.17) is 0 Å². The lowest BCUT2D eigenvalue weighted by molar-refractivity contribution is -0.145. The third-order valence-electron chi connectivity index (χ3n) is 2.70. The number of hydrogen-bond acceptors (Lipinski definition) is 3. The molecule has 0 aromatic carbocycles. The van der Waals surface area contributed by atoms with Gasteiger partial charge in [0.1, 0.15) is 6.04 Å². The van der Waals surface area contributed by atoms with Gasteiger partial charge in [-0.1, -0.05) is 0 Å². The lowest BCUT2D eigenvalue weighted by Crippen LogP contribution is -2.56. The maximum absolute atomic E-state index is 11.7. The van der Waals surface area contributed by atoms with Crippen LogP contribution in [0.25, 0.3) is 0 Å². The van der Waals surface area contributed by atoms with Gasteiger partial charge in [-0.2, -0.15) is 0 Å². The van der Waals surface area contributed by atoms with Crippen molar-refractivity contribution in [3.05, 3.63) is 21.9 Å². The molecule has 1 aromatic rings. The zero-order valence-electron chi connectivity index (χ0n) is 9.32. The molecule has 0 aliphatic carbocycles. The van der Waals surface area contributed by atoms with Crippen molar-refractivity contribution in [2.45, 2.75) is 26.4 Å². The summed E-state index contributed by atoms with van der Waals surface area (Å²) in [5.74, 6) is -0.0916. The summed E-state index contributed by atoms with van der Waals surface area (Å²) in [6, 6.07) is 3.66. The van der Waals surface area contributed by atoms with Crippen molar-refractivity contribution in [3.63, 3.8) is 0 Å². The lowest BCUT2D eigenvalue weighted by atomic mass is 10.2. The van der Waals surface area contributed by atoms with E-state index in [0.717, 1.165) is 4.88 Å². The molecule has 2 heterocycles. The Hall–Kier alpha value is -1.36. The number of amides is 2. The molecule has 0 spiro atoms. The van der Waals surface area contributed by atoms with Crippen LogP contribution in [0, 0.1) is 6.92 Å². The smallest absolute Gasteiger partial charge is 0.242 e. The summed E-state index contributed by atoms with van der Waals surface area (Å²) < 4.78 is 0. The molecular weight excluding hydrogens is 224 g/mol. The van der Waals surface area contributed by atoms with E-state index in [-0.39, 0.29) is 24.4 Å². The molecule has 16 heavy (non-hydrogen) atoms. The first-order valence-electron chi connectivity index (χ1n) is 5.20. The fourth-order valence-electron chi connectivity index (χ4n) is 1.73. The molecule has 1 unspecified atom stereocenters. The van der Waals surface area contributed by atoms with E-state index in [1.165, 1.54) is 4.88 Å². The van der Waals surface area contributed by atoms with Gasteiger partial charge in [0, 0.05) is 9.75 Å². The number of piperazine rings is 1. The van der Waals surface area contributed by atoms with Crippen molar-refractivity contribution in [1.29, 1.82) is 0 Å². The average Bonchev–Trinajstić information content (AvgIpc) is 2.65. The first-order valence-corrected chi connectivity index (χ1v) is 6.02. The summed E-state index contributed by atoms with van der Waals surface area (Å²) in [6.07, 6.45) is 0. The molecule has 0 saturated carbocycles. The second kappa shape index (κ2) is 4.25. The Kier molecular flexibility index (Phi) is 2.96. The van der Waals surface area contributed by atoms with Crippen LogP contribution in [0.4, 0.5) is 0 Å². The van der Waals surface area contributed by atoms with E-state index in [1.807, 2.05) is 19.1 Å². The molecular formula is C11H14N2O2S. The molecule has 1 aliphatic heterocycles. The zero-order chi connectivity index (χ0) is 11.7. The standard InChI is InChI=1S/C11H14N2O2S/c1-7-3-4-9(16-7)6-13-8(2)11(15)12-5-10(13)14/h3-4,8H,5-6H2,1-2H3,(H,12,15). The van der Waals surface area contributed by atoms with Crippen LogP contribution in [0.1, 0.15) is 16.7 Å². The van der Waals surface area contributed by atoms with Crippen LogP contribution in [-0.2, 0) is 16.1 Å². The molecule has 86 valence electrons. The third-order valence-corrected chi connectivity index (χ3v) is 3.69. The van der Waals surface area contributed by atoms with Crippen molar-refractivity contribution >= 4 is 23.2 Å². The molecule has 1 N–H and O–H groups in total. The summed E-state index contributed by atoms with van der Waals surface area (Å²) in [4.78, 5) is 27.1. The van der Waals surface area contributed by atoms with Crippen LogP contribution in [0.5, 0.6) is 0 Å². The number of hydrogen-bond donors (Lipinski definition) is 1. The minimum Gasteiger partial charge on any atom is -0.345 e. The van der Waals surface area contributed by atoms with Gasteiger partial charge in [-0.05, 0) is 26.0 Å². The SMILES string of the molecule is Cc1ccc(CN2C(=O)CNC(=O)C2C)s1. The summed E-state index contributed by atoms with van der Waals surface area (Å²) in [7, 11) is 0. The van der Waals surface area contributed by atoms with E-state index in [1.54, 1.807) is 23.2 Å². The molecule has 1 aromatic heterocycles. The second-order valence-corrected chi connectivity index (χ2v) is 5.30. The summed E-state index contributed by atoms with van der Waals surface area (Å²) in [6.45, 7) is 4.44. The van der Waals surface area contributed by atoms with E-state index < -0.39 is 0 Å². The Morgan fingerprint density at radius 1 is 1.50 bits per heavy atom. The van der Waals surface area contributed by atoms with Crippen LogP contribution >= 0.6 is 11.3 Å². The highest BCUT2D eigenvalue weighted by atomic mass is 32.1. The molecule has 5 heteroatoms. The molecule has 0 radical (unpaired) electrons. The van der Waals surface area contributed by atoms with Crippen molar-refractivity contribution in [3.8, 4) is 0 Å². The quantitative estimate of drug-likeness (QED) is 0.832. The largest absolute Gasteiger partial charge is 0.345 e. The first kappa shape index (κ1) is 11.1. The summed E-state index contributed by atoms with van der Waals surface area (Å²) in [5.41, 5.74) is 0. The van der Waals surface area contributed by atoms with Crippen LogP contribution < -0.4 is 5.32 Å². The van der Waals surface area contributed by atoms with Crippen LogP contribution in [0.2, 0.25) is 0 Å². The predicted octanol–water partition coefficient (Wildman–Crippen LogP) is 0.903. The number of nitrogens with zero attached hydrogens (tertiary/aromatic N) is 1.